The van der Waals surface area contributed by atoms with Gasteiger partial charge in [-0.25, -0.2) is 8.42 Å². The monoisotopic (exact) mass is 392 g/mol. The number of hydrogen-bond acceptors (Lipinski definition) is 3. The van der Waals surface area contributed by atoms with E-state index in [1.165, 1.54) is 6.42 Å². The Labute approximate surface area is 163 Å². The molecule has 5 nitrogen and oxygen atoms in total. The van der Waals surface area contributed by atoms with Crippen molar-refractivity contribution in [2.24, 2.45) is 0 Å². The lowest BCUT2D eigenvalue weighted by Gasteiger charge is -2.35. The molecule has 6 heteroatoms. The number of hydrogen-bond donors (Lipinski definition) is 0. The highest BCUT2D eigenvalue weighted by Gasteiger charge is 2.26. The molecule has 150 valence electrons. The molecule has 2 aliphatic rings. The minimum absolute atomic E-state index is 0.228. The van der Waals surface area contributed by atoms with Crippen molar-refractivity contribution < 1.29 is 13.2 Å². The van der Waals surface area contributed by atoms with E-state index in [4.69, 9.17) is 0 Å². The molecule has 2 aliphatic heterocycles. The first-order valence-corrected chi connectivity index (χ1v) is 11.8. The van der Waals surface area contributed by atoms with Gasteiger partial charge in [0.25, 0.3) is 0 Å². The SMILES string of the molecule is CCC1CCCCN1C(=O)CCc1ccc(S(=O)(=O)N2CCCCC2)cc1. The van der Waals surface area contributed by atoms with E-state index in [0.717, 1.165) is 50.6 Å². The van der Waals surface area contributed by atoms with Gasteiger partial charge in [-0.3, -0.25) is 4.79 Å². The van der Waals surface area contributed by atoms with Crippen molar-refractivity contribution in [1.29, 1.82) is 0 Å². The lowest BCUT2D eigenvalue weighted by molar-refractivity contribution is -0.134. The van der Waals surface area contributed by atoms with Gasteiger partial charge in [-0.15, -0.1) is 0 Å². The summed E-state index contributed by atoms with van der Waals surface area (Å²) in [5, 5.41) is 0. The van der Waals surface area contributed by atoms with E-state index in [1.807, 2.05) is 12.1 Å². The molecule has 1 atom stereocenters. The minimum atomic E-state index is -3.38. The molecular weight excluding hydrogens is 360 g/mol. The summed E-state index contributed by atoms with van der Waals surface area (Å²) >= 11 is 0. The molecule has 0 radical (unpaired) electrons. The maximum atomic E-state index is 12.7. The second kappa shape index (κ2) is 9.20. The summed E-state index contributed by atoms with van der Waals surface area (Å²) in [6.45, 7) is 4.27. The molecule has 0 bridgehead atoms. The van der Waals surface area contributed by atoms with Crippen LogP contribution in [0.1, 0.15) is 63.9 Å². The fourth-order valence-electron chi connectivity index (χ4n) is 4.23. The van der Waals surface area contributed by atoms with Gasteiger partial charge in [-0.2, -0.15) is 4.31 Å². The number of rotatable bonds is 6. The van der Waals surface area contributed by atoms with Gasteiger partial charge in [0.2, 0.25) is 15.9 Å². The van der Waals surface area contributed by atoms with Gasteiger partial charge in [-0.1, -0.05) is 25.5 Å². The second-order valence-corrected chi connectivity index (χ2v) is 9.69. The van der Waals surface area contributed by atoms with Crippen molar-refractivity contribution in [2.45, 2.75) is 75.6 Å². The third-order valence-electron chi connectivity index (χ3n) is 5.92. The number of amides is 1. The number of carbonyl (C=O) groups is 1. The summed E-state index contributed by atoms with van der Waals surface area (Å²) in [7, 11) is -3.38. The molecule has 0 N–H and O–H groups in total. The summed E-state index contributed by atoms with van der Waals surface area (Å²) in [6.07, 6.45) is 8.60. The molecule has 2 heterocycles. The average molecular weight is 393 g/mol. The Kier molecular flexibility index (Phi) is 6.93. The number of likely N-dealkylation sites (tertiary alicyclic amines) is 1. The second-order valence-electron chi connectivity index (χ2n) is 7.75. The van der Waals surface area contributed by atoms with Crippen molar-refractivity contribution in [2.75, 3.05) is 19.6 Å². The van der Waals surface area contributed by atoms with Crippen LogP contribution < -0.4 is 0 Å². The maximum Gasteiger partial charge on any atom is 0.243 e. The highest BCUT2D eigenvalue weighted by atomic mass is 32.2. The van der Waals surface area contributed by atoms with Crippen LogP contribution in [0.25, 0.3) is 0 Å². The quantitative estimate of drug-likeness (QED) is 0.743. The van der Waals surface area contributed by atoms with E-state index in [2.05, 4.69) is 11.8 Å². The van der Waals surface area contributed by atoms with Crippen molar-refractivity contribution in [3.05, 3.63) is 29.8 Å². The summed E-state index contributed by atoms with van der Waals surface area (Å²) in [4.78, 5) is 15.0. The zero-order valence-electron chi connectivity index (χ0n) is 16.4. The molecular formula is C21H32N2O3S. The van der Waals surface area contributed by atoms with Crippen LogP contribution in [0.5, 0.6) is 0 Å². The Morgan fingerprint density at radius 2 is 1.67 bits per heavy atom. The molecule has 0 aliphatic carbocycles. The molecule has 0 aromatic heterocycles. The van der Waals surface area contributed by atoms with E-state index >= 15 is 0 Å². The van der Waals surface area contributed by atoms with Crippen LogP contribution in [0.15, 0.2) is 29.2 Å². The molecule has 1 unspecified atom stereocenters. The van der Waals surface area contributed by atoms with E-state index in [1.54, 1.807) is 16.4 Å². The van der Waals surface area contributed by atoms with Crippen LogP contribution in [0.3, 0.4) is 0 Å². The summed E-state index contributed by atoms with van der Waals surface area (Å²) < 4.78 is 27.0. The normalized spacial score (nSPS) is 22.0. The van der Waals surface area contributed by atoms with Gasteiger partial charge >= 0.3 is 0 Å². The van der Waals surface area contributed by atoms with Gasteiger partial charge in [0.05, 0.1) is 4.90 Å². The fraction of sp³-hybridized carbons (Fsp3) is 0.667. The third kappa shape index (κ3) is 4.91. The van der Waals surface area contributed by atoms with Crippen LogP contribution in [0.2, 0.25) is 0 Å². The van der Waals surface area contributed by atoms with Gasteiger partial charge in [0.15, 0.2) is 0 Å². The molecule has 27 heavy (non-hydrogen) atoms. The highest BCUT2D eigenvalue weighted by Crippen LogP contribution is 2.23. The average Bonchev–Trinajstić information content (AvgIpc) is 2.73. The van der Waals surface area contributed by atoms with Crippen molar-refractivity contribution in [1.82, 2.24) is 9.21 Å². The zero-order valence-corrected chi connectivity index (χ0v) is 17.2. The Morgan fingerprint density at radius 3 is 2.33 bits per heavy atom. The molecule has 1 amide bonds. The summed E-state index contributed by atoms with van der Waals surface area (Å²) in [6, 6.07) is 7.50. The topological polar surface area (TPSA) is 57.7 Å². The van der Waals surface area contributed by atoms with Gasteiger partial charge in [0.1, 0.15) is 0 Å². The predicted octanol–water partition coefficient (Wildman–Crippen LogP) is 3.58. The Balaban J connectivity index is 1.58. The standard InChI is InChI=1S/C21H32N2O3S/c1-2-19-8-4-7-17-23(19)21(24)14-11-18-9-12-20(13-10-18)27(25,26)22-15-5-3-6-16-22/h9-10,12-13,19H,2-8,11,14-17H2,1H3. The van der Waals surface area contributed by atoms with Crippen LogP contribution in [-0.2, 0) is 21.2 Å². The largest absolute Gasteiger partial charge is 0.340 e. The van der Waals surface area contributed by atoms with Gasteiger partial charge < -0.3 is 4.90 Å². The molecule has 0 spiro atoms. The molecule has 1 aromatic rings. The minimum Gasteiger partial charge on any atom is -0.340 e. The highest BCUT2D eigenvalue weighted by molar-refractivity contribution is 7.89. The summed E-state index contributed by atoms with van der Waals surface area (Å²) in [5.74, 6) is 0.228. The Hall–Kier alpha value is -1.40. The van der Waals surface area contributed by atoms with Crippen molar-refractivity contribution in [3.63, 3.8) is 0 Å². The summed E-state index contributed by atoms with van der Waals surface area (Å²) in [5.41, 5.74) is 1.02. The molecule has 2 saturated heterocycles. The van der Waals surface area contributed by atoms with Crippen LogP contribution in [0, 0.1) is 0 Å². The number of benzene rings is 1. The van der Waals surface area contributed by atoms with Crippen LogP contribution >= 0.6 is 0 Å². The van der Waals surface area contributed by atoms with Gasteiger partial charge in [0, 0.05) is 32.1 Å². The van der Waals surface area contributed by atoms with Gasteiger partial charge in [-0.05, 0) is 62.6 Å². The van der Waals surface area contributed by atoms with E-state index in [0.29, 0.717) is 36.9 Å². The predicted molar refractivity (Wildman–Crippen MR) is 107 cm³/mol. The molecule has 1 aromatic carbocycles. The maximum absolute atomic E-state index is 12.7. The van der Waals surface area contributed by atoms with Crippen LogP contribution in [-0.4, -0.2) is 49.2 Å². The fourth-order valence-corrected chi connectivity index (χ4v) is 5.75. The molecule has 2 fully saturated rings. The first-order chi connectivity index (χ1) is 13.0. The number of nitrogens with zero attached hydrogens (tertiary/aromatic N) is 2. The third-order valence-corrected chi connectivity index (χ3v) is 7.84. The number of piperidine rings is 2. The lowest BCUT2D eigenvalue weighted by atomic mass is 9.99. The number of carbonyl (C=O) groups excluding carboxylic acids is 1. The first-order valence-electron chi connectivity index (χ1n) is 10.4. The Morgan fingerprint density at radius 1 is 1.00 bits per heavy atom. The zero-order chi connectivity index (χ0) is 19.3. The number of sulfonamides is 1. The van der Waals surface area contributed by atoms with Crippen molar-refractivity contribution in [3.8, 4) is 0 Å². The smallest absolute Gasteiger partial charge is 0.243 e. The first kappa shape index (κ1) is 20.3. The van der Waals surface area contributed by atoms with E-state index in [9.17, 15) is 13.2 Å². The number of aryl methyl sites for hydroxylation is 1. The molecule has 0 saturated carbocycles. The lowest BCUT2D eigenvalue weighted by Crippen LogP contribution is -2.43. The van der Waals surface area contributed by atoms with Crippen molar-refractivity contribution >= 4 is 15.9 Å². The van der Waals surface area contributed by atoms with E-state index < -0.39 is 10.0 Å². The van der Waals surface area contributed by atoms with E-state index in [-0.39, 0.29) is 5.91 Å². The molecule has 3 rings (SSSR count). The Bertz CT molecular complexity index is 724. The van der Waals surface area contributed by atoms with Crippen LogP contribution in [0.4, 0.5) is 0 Å².